The summed E-state index contributed by atoms with van der Waals surface area (Å²) in [6.45, 7) is 19.6. The van der Waals surface area contributed by atoms with E-state index in [1.54, 1.807) is 6.08 Å². The van der Waals surface area contributed by atoms with Crippen molar-refractivity contribution < 1.29 is 4.79 Å². The molecule has 1 unspecified atom stereocenters. The minimum absolute atomic E-state index is 0.0503. The molecule has 3 nitrogen and oxygen atoms in total. The van der Waals surface area contributed by atoms with E-state index in [4.69, 9.17) is 0 Å². The Bertz CT molecular complexity index is 701. The van der Waals surface area contributed by atoms with Gasteiger partial charge in [-0.05, 0) is 64.1 Å². The molecule has 1 saturated heterocycles. The minimum Gasteiger partial charge on any atom is -0.350 e. The molecule has 0 aromatic heterocycles. The molecule has 1 heterocycles. The summed E-state index contributed by atoms with van der Waals surface area (Å²) in [5.41, 5.74) is 3.47. The van der Waals surface area contributed by atoms with E-state index in [2.05, 4.69) is 68.4 Å². The number of amides is 1. The van der Waals surface area contributed by atoms with Crippen molar-refractivity contribution in [2.45, 2.75) is 78.7 Å². The van der Waals surface area contributed by atoms with Gasteiger partial charge in [-0.25, -0.2) is 0 Å². The Morgan fingerprint density at radius 2 is 1.75 bits per heavy atom. The van der Waals surface area contributed by atoms with Gasteiger partial charge in [0.25, 0.3) is 0 Å². The summed E-state index contributed by atoms with van der Waals surface area (Å²) in [5, 5.41) is 3.34. The van der Waals surface area contributed by atoms with Crippen molar-refractivity contribution >= 4 is 5.91 Å². The second kappa shape index (κ2) is 16.5. The van der Waals surface area contributed by atoms with Gasteiger partial charge in [0.15, 0.2) is 0 Å². The van der Waals surface area contributed by atoms with Crippen LogP contribution in [0.2, 0.25) is 0 Å². The van der Waals surface area contributed by atoms with Gasteiger partial charge in [-0.15, -0.1) is 0 Å². The molecule has 0 aromatic rings. The summed E-state index contributed by atoms with van der Waals surface area (Å²) < 4.78 is 0. The fourth-order valence-electron chi connectivity index (χ4n) is 3.83. The Hall–Kier alpha value is -2.13. The van der Waals surface area contributed by atoms with E-state index in [0.717, 1.165) is 31.6 Å². The van der Waals surface area contributed by atoms with Crippen LogP contribution in [0.4, 0.5) is 0 Å². The molecule has 1 amide bonds. The predicted molar refractivity (Wildman–Crippen MR) is 141 cm³/mol. The van der Waals surface area contributed by atoms with Gasteiger partial charge in [-0.1, -0.05) is 93.5 Å². The smallest absolute Gasteiger partial charge is 0.220 e. The van der Waals surface area contributed by atoms with Crippen molar-refractivity contribution in [3.05, 3.63) is 72.4 Å². The summed E-state index contributed by atoms with van der Waals surface area (Å²) in [7, 11) is 0. The maximum Gasteiger partial charge on any atom is 0.220 e. The Labute approximate surface area is 197 Å². The molecule has 1 fully saturated rings. The van der Waals surface area contributed by atoms with Crippen molar-refractivity contribution in [1.29, 1.82) is 0 Å². The first-order valence-electron chi connectivity index (χ1n) is 12.3. The highest BCUT2D eigenvalue weighted by molar-refractivity contribution is 5.77. The number of carbonyl (C=O) groups is 1. The molecule has 0 aromatic carbocycles. The highest BCUT2D eigenvalue weighted by Gasteiger charge is 2.21. The van der Waals surface area contributed by atoms with Gasteiger partial charge in [0.05, 0.1) is 6.04 Å². The fourth-order valence-corrected chi connectivity index (χ4v) is 3.83. The van der Waals surface area contributed by atoms with Gasteiger partial charge in [-0.2, -0.15) is 0 Å². The molecule has 3 heteroatoms. The number of nitrogens with zero attached hydrogens (tertiary/aromatic N) is 1. The van der Waals surface area contributed by atoms with Crippen LogP contribution in [0.1, 0.15) is 72.6 Å². The topological polar surface area (TPSA) is 32.3 Å². The second-order valence-corrected chi connectivity index (χ2v) is 9.33. The maximum absolute atomic E-state index is 12.9. The molecular weight excluding hydrogens is 392 g/mol. The zero-order chi connectivity index (χ0) is 23.8. The molecule has 1 N–H and O–H groups in total. The maximum atomic E-state index is 12.9. The average molecular weight is 439 g/mol. The first kappa shape index (κ1) is 27.9. The van der Waals surface area contributed by atoms with E-state index in [9.17, 15) is 4.79 Å². The summed E-state index contributed by atoms with van der Waals surface area (Å²) in [5.74, 6) is 0.598. The lowest BCUT2D eigenvalue weighted by molar-refractivity contribution is -0.121. The second-order valence-electron chi connectivity index (χ2n) is 9.33. The third-order valence-corrected chi connectivity index (χ3v) is 5.86. The quantitative estimate of drug-likeness (QED) is 0.316. The molecule has 178 valence electrons. The highest BCUT2D eigenvalue weighted by Crippen LogP contribution is 2.18. The predicted octanol–water partition coefficient (Wildman–Crippen LogP) is 6.92. The third-order valence-electron chi connectivity index (χ3n) is 5.86. The van der Waals surface area contributed by atoms with Crippen LogP contribution in [-0.2, 0) is 4.79 Å². The average Bonchev–Trinajstić information content (AvgIpc) is 3.03. The minimum atomic E-state index is 0.0503. The standard InChI is InChI=1S/C29H46N2O/c1-7-9-12-15-27(23-31-20-13-10-11-14-21-31)28(22-24(3)4)30-29(32)19-18-26(6)17-16-25(5)8-2/h7-9,12,15-17,24,28H,1,6,10-11,13-14,18-23H2,2-5H3,(H,30,32)/b12-9-,17-16-,25-8-,27-15+. The molecule has 1 rings (SSSR count). The number of likely N-dealkylation sites (tertiary alicyclic amines) is 1. The molecule has 1 aliphatic rings. The van der Waals surface area contributed by atoms with Gasteiger partial charge < -0.3 is 5.32 Å². The first-order chi connectivity index (χ1) is 15.3. The van der Waals surface area contributed by atoms with Crippen LogP contribution >= 0.6 is 0 Å². The van der Waals surface area contributed by atoms with E-state index in [0.29, 0.717) is 18.8 Å². The van der Waals surface area contributed by atoms with Crippen molar-refractivity contribution in [2.75, 3.05) is 19.6 Å². The zero-order valence-corrected chi connectivity index (χ0v) is 21.0. The van der Waals surface area contributed by atoms with E-state index < -0.39 is 0 Å². The number of nitrogens with one attached hydrogen (secondary N) is 1. The van der Waals surface area contributed by atoms with Crippen LogP contribution in [0.3, 0.4) is 0 Å². The summed E-state index contributed by atoms with van der Waals surface area (Å²) >= 11 is 0. The van der Waals surface area contributed by atoms with E-state index in [-0.39, 0.29) is 11.9 Å². The lowest BCUT2D eigenvalue weighted by Gasteiger charge is -2.28. The van der Waals surface area contributed by atoms with Crippen LogP contribution in [0.5, 0.6) is 0 Å². The van der Waals surface area contributed by atoms with Crippen LogP contribution < -0.4 is 5.32 Å². The Morgan fingerprint density at radius 1 is 1.06 bits per heavy atom. The highest BCUT2D eigenvalue weighted by atomic mass is 16.1. The van der Waals surface area contributed by atoms with Crippen LogP contribution in [0.25, 0.3) is 0 Å². The van der Waals surface area contributed by atoms with Gasteiger partial charge >= 0.3 is 0 Å². The van der Waals surface area contributed by atoms with Crippen LogP contribution in [0.15, 0.2) is 72.4 Å². The van der Waals surface area contributed by atoms with E-state index >= 15 is 0 Å². The third kappa shape index (κ3) is 12.7. The van der Waals surface area contributed by atoms with Crippen molar-refractivity contribution in [3.8, 4) is 0 Å². The molecule has 0 bridgehead atoms. The van der Waals surface area contributed by atoms with Gasteiger partial charge in [-0.3, -0.25) is 9.69 Å². The number of hydrogen-bond donors (Lipinski definition) is 1. The fraction of sp³-hybridized carbons (Fsp3) is 0.552. The van der Waals surface area contributed by atoms with Crippen molar-refractivity contribution in [2.24, 2.45) is 5.92 Å². The number of hydrogen-bond acceptors (Lipinski definition) is 2. The SMILES string of the molecule is C=C/C=C\C=C(/CN1CCCCCC1)C(CC(C)C)NC(=O)CCC(=C)/C=C\C(C)=C/C. The number of rotatable bonds is 13. The molecule has 0 aliphatic carbocycles. The van der Waals surface area contributed by atoms with Crippen molar-refractivity contribution in [3.63, 3.8) is 0 Å². The Kier molecular flexibility index (Phi) is 14.4. The molecule has 32 heavy (non-hydrogen) atoms. The first-order valence-corrected chi connectivity index (χ1v) is 12.3. The molecule has 0 spiro atoms. The normalized spacial score (nSPS) is 17.7. The molecule has 0 radical (unpaired) electrons. The molecule has 1 atom stereocenters. The van der Waals surface area contributed by atoms with Gasteiger partial charge in [0, 0.05) is 13.0 Å². The summed E-state index contributed by atoms with van der Waals surface area (Å²) in [4.78, 5) is 15.4. The van der Waals surface area contributed by atoms with Gasteiger partial charge in [0.2, 0.25) is 5.91 Å². The Morgan fingerprint density at radius 3 is 2.34 bits per heavy atom. The summed E-state index contributed by atoms with van der Waals surface area (Å²) in [6, 6.07) is 0.0503. The molecule has 1 aliphatic heterocycles. The number of carbonyl (C=O) groups excluding carboxylic acids is 1. The molecular formula is C29H46N2O. The number of allylic oxidation sites excluding steroid dienone is 9. The molecule has 0 saturated carbocycles. The zero-order valence-electron chi connectivity index (χ0n) is 21.0. The van der Waals surface area contributed by atoms with Crippen molar-refractivity contribution in [1.82, 2.24) is 10.2 Å². The Balaban J connectivity index is 2.86. The van der Waals surface area contributed by atoms with Crippen LogP contribution in [0, 0.1) is 5.92 Å². The largest absolute Gasteiger partial charge is 0.350 e. The van der Waals surface area contributed by atoms with Crippen LogP contribution in [-0.4, -0.2) is 36.5 Å². The lowest BCUT2D eigenvalue weighted by atomic mass is 9.95. The van der Waals surface area contributed by atoms with E-state index in [1.807, 2.05) is 19.1 Å². The monoisotopic (exact) mass is 438 g/mol. The van der Waals surface area contributed by atoms with Gasteiger partial charge in [0.1, 0.15) is 0 Å². The summed E-state index contributed by atoms with van der Waals surface area (Å²) in [6.07, 6.45) is 21.4. The van der Waals surface area contributed by atoms with E-state index in [1.165, 1.54) is 36.8 Å². The lowest BCUT2D eigenvalue weighted by Crippen LogP contribution is -2.41.